The van der Waals surface area contributed by atoms with Crippen molar-refractivity contribution in [2.45, 2.75) is 6.42 Å². The molecule has 0 bridgehead atoms. The van der Waals surface area contributed by atoms with Gasteiger partial charge in [-0.25, -0.2) is 4.98 Å². The van der Waals surface area contributed by atoms with Gasteiger partial charge in [-0.2, -0.15) is 4.98 Å². The van der Waals surface area contributed by atoms with Crippen LogP contribution in [0.15, 0.2) is 32.9 Å². The summed E-state index contributed by atoms with van der Waals surface area (Å²) < 4.78 is 10.1. The summed E-state index contributed by atoms with van der Waals surface area (Å²) in [7, 11) is 0. The minimum absolute atomic E-state index is 0.485. The van der Waals surface area contributed by atoms with Crippen molar-refractivity contribution in [3.05, 3.63) is 35.6 Å². The number of hydrogen-bond acceptors (Lipinski definition) is 7. The summed E-state index contributed by atoms with van der Waals surface area (Å²) >= 11 is 1.39. The van der Waals surface area contributed by atoms with Crippen molar-refractivity contribution in [3.8, 4) is 11.4 Å². The Morgan fingerprint density at radius 3 is 3.00 bits per heavy atom. The van der Waals surface area contributed by atoms with E-state index in [9.17, 15) is 0 Å². The molecule has 0 amide bonds. The van der Waals surface area contributed by atoms with Crippen LogP contribution in [0, 0.1) is 0 Å². The van der Waals surface area contributed by atoms with Crippen molar-refractivity contribution < 1.29 is 8.94 Å². The van der Waals surface area contributed by atoms with E-state index in [0.717, 1.165) is 11.3 Å². The first kappa shape index (κ1) is 10.0. The normalized spacial score (nSPS) is 10.8. The van der Waals surface area contributed by atoms with Crippen molar-refractivity contribution in [2.24, 2.45) is 0 Å². The third-order valence-corrected chi connectivity index (χ3v) is 2.87. The highest BCUT2D eigenvalue weighted by Crippen LogP contribution is 2.18. The average Bonchev–Trinajstić information content (AvgIpc) is 3.00. The number of rotatable bonds is 3. The predicted molar refractivity (Wildman–Crippen MR) is 61.3 cm³/mol. The topological polar surface area (TPSA) is 91.0 Å². The van der Waals surface area contributed by atoms with Gasteiger partial charge in [-0.3, -0.25) is 0 Å². The van der Waals surface area contributed by atoms with Crippen molar-refractivity contribution in [1.82, 2.24) is 15.1 Å². The zero-order chi connectivity index (χ0) is 11.7. The van der Waals surface area contributed by atoms with E-state index in [-0.39, 0.29) is 0 Å². The molecule has 0 atom stereocenters. The van der Waals surface area contributed by atoms with Gasteiger partial charge >= 0.3 is 0 Å². The van der Waals surface area contributed by atoms with Crippen LogP contribution in [0.4, 0.5) is 5.13 Å². The smallest absolute Gasteiger partial charge is 0.233 e. The first-order valence-electron chi connectivity index (χ1n) is 4.86. The van der Waals surface area contributed by atoms with Crippen LogP contribution in [0.3, 0.4) is 0 Å². The molecule has 0 aliphatic rings. The van der Waals surface area contributed by atoms with Gasteiger partial charge in [0.15, 0.2) is 5.13 Å². The van der Waals surface area contributed by atoms with E-state index in [2.05, 4.69) is 15.1 Å². The number of nitrogen functional groups attached to an aromatic ring is 1. The van der Waals surface area contributed by atoms with Crippen LogP contribution < -0.4 is 5.73 Å². The molecule has 0 aliphatic carbocycles. The van der Waals surface area contributed by atoms with Crippen LogP contribution in [0.1, 0.15) is 11.6 Å². The number of anilines is 1. The van der Waals surface area contributed by atoms with E-state index in [0.29, 0.717) is 23.3 Å². The molecule has 0 aliphatic heterocycles. The van der Waals surface area contributed by atoms with Crippen LogP contribution in [0.5, 0.6) is 0 Å². The molecule has 0 radical (unpaired) electrons. The molecule has 7 heteroatoms. The van der Waals surface area contributed by atoms with Crippen molar-refractivity contribution >= 4 is 16.5 Å². The average molecular weight is 248 g/mol. The molecule has 0 fully saturated rings. The Morgan fingerprint density at radius 1 is 1.35 bits per heavy atom. The standard InChI is InChI=1S/C10H8N4O2S/c11-10-12-7(5-17-10)3-8-13-9(14-16-8)6-1-2-15-4-6/h1-2,4-5H,3H2,(H2,11,12). The maximum atomic E-state index is 5.54. The molecule has 2 N–H and O–H groups in total. The Labute approximate surface area is 100 Å². The maximum Gasteiger partial charge on any atom is 0.233 e. The lowest BCUT2D eigenvalue weighted by molar-refractivity contribution is 0.385. The first-order chi connectivity index (χ1) is 8.31. The molecule has 3 aromatic heterocycles. The molecule has 3 heterocycles. The fourth-order valence-electron chi connectivity index (χ4n) is 1.39. The Kier molecular flexibility index (Phi) is 2.37. The van der Waals surface area contributed by atoms with Gasteiger partial charge in [0, 0.05) is 5.38 Å². The first-order valence-corrected chi connectivity index (χ1v) is 5.74. The van der Waals surface area contributed by atoms with E-state index in [1.165, 1.54) is 11.3 Å². The summed E-state index contributed by atoms with van der Waals surface area (Å²) in [5.74, 6) is 1.02. The van der Waals surface area contributed by atoms with Crippen LogP contribution in [-0.2, 0) is 6.42 Å². The third-order valence-electron chi connectivity index (χ3n) is 2.15. The molecule has 0 saturated carbocycles. The van der Waals surface area contributed by atoms with Crippen LogP contribution >= 0.6 is 11.3 Å². The van der Waals surface area contributed by atoms with Crippen molar-refractivity contribution in [2.75, 3.05) is 5.73 Å². The Balaban J connectivity index is 1.81. The number of furan rings is 1. The quantitative estimate of drug-likeness (QED) is 0.761. The van der Waals surface area contributed by atoms with Crippen molar-refractivity contribution in [3.63, 3.8) is 0 Å². The van der Waals surface area contributed by atoms with Crippen LogP contribution in [-0.4, -0.2) is 15.1 Å². The van der Waals surface area contributed by atoms with Gasteiger partial charge in [0.1, 0.15) is 6.26 Å². The number of nitrogens with two attached hydrogens (primary N) is 1. The predicted octanol–water partition coefficient (Wildman–Crippen LogP) is 1.96. The second-order valence-corrected chi connectivity index (χ2v) is 4.27. The molecule has 6 nitrogen and oxygen atoms in total. The molecule has 17 heavy (non-hydrogen) atoms. The van der Waals surface area contributed by atoms with Gasteiger partial charge < -0.3 is 14.7 Å². The fourth-order valence-corrected chi connectivity index (χ4v) is 1.96. The lowest BCUT2D eigenvalue weighted by atomic mass is 10.3. The number of nitrogens with zero attached hydrogens (tertiary/aromatic N) is 3. The summed E-state index contributed by atoms with van der Waals surface area (Å²) in [4.78, 5) is 8.37. The highest BCUT2D eigenvalue weighted by atomic mass is 32.1. The molecular weight excluding hydrogens is 240 g/mol. The van der Waals surface area contributed by atoms with Gasteiger partial charge in [0.25, 0.3) is 0 Å². The number of aromatic nitrogens is 3. The lowest BCUT2D eigenvalue weighted by Crippen LogP contribution is -1.90. The number of thiazole rings is 1. The van der Waals surface area contributed by atoms with Gasteiger partial charge in [-0.1, -0.05) is 5.16 Å². The third kappa shape index (κ3) is 2.04. The Bertz CT molecular complexity index is 614. The van der Waals surface area contributed by atoms with E-state index >= 15 is 0 Å². The fraction of sp³-hybridized carbons (Fsp3) is 0.100. The Morgan fingerprint density at radius 2 is 2.29 bits per heavy atom. The Hall–Kier alpha value is -2.15. The SMILES string of the molecule is Nc1nc(Cc2nc(-c3ccoc3)no2)cs1. The summed E-state index contributed by atoms with van der Waals surface area (Å²) in [5, 5.41) is 6.27. The zero-order valence-corrected chi connectivity index (χ0v) is 9.48. The van der Waals surface area contributed by atoms with E-state index in [4.69, 9.17) is 14.7 Å². The molecule has 86 valence electrons. The molecule has 3 rings (SSSR count). The highest BCUT2D eigenvalue weighted by molar-refractivity contribution is 7.13. The second-order valence-electron chi connectivity index (χ2n) is 3.38. The van der Waals surface area contributed by atoms with Crippen LogP contribution in [0.2, 0.25) is 0 Å². The monoisotopic (exact) mass is 248 g/mol. The molecule has 3 aromatic rings. The van der Waals surface area contributed by atoms with E-state index in [1.54, 1.807) is 18.6 Å². The molecule has 0 spiro atoms. The largest absolute Gasteiger partial charge is 0.472 e. The molecular formula is C10H8N4O2S. The van der Waals surface area contributed by atoms with E-state index < -0.39 is 0 Å². The lowest BCUT2D eigenvalue weighted by Gasteiger charge is -1.87. The summed E-state index contributed by atoms with van der Waals surface area (Å²) in [6, 6.07) is 1.77. The van der Waals surface area contributed by atoms with Crippen LogP contribution in [0.25, 0.3) is 11.4 Å². The molecule has 0 saturated heterocycles. The van der Waals surface area contributed by atoms with E-state index in [1.807, 2.05) is 5.38 Å². The molecule has 0 unspecified atom stereocenters. The zero-order valence-electron chi connectivity index (χ0n) is 8.66. The summed E-state index contributed by atoms with van der Waals surface area (Å²) in [5.41, 5.74) is 7.16. The van der Waals surface area contributed by atoms with Crippen molar-refractivity contribution in [1.29, 1.82) is 0 Å². The summed E-state index contributed by atoms with van der Waals surface area (Å²) in [6.45, 7) is 0. The highest BCUT2D eigenvalue weighted by Gasteiger charge is 2.11. The second kappa shape index (κ2) is 4.02. The van der Waals surface area contributed by atoms with Gasteiger partial charge in [-0.15, -0.1) is 11.3 Å². The van der Waals surface area contributed by atoms with Gasteiger partial charge in [-0.05, 0) is 6.07 Å². The maximum absolute atomic E-state index is 5.54. The summed E-state index contributed by atoms with van der Waals surface area (Å²) in [6.07, 6.45) is 3.61. The van der Waals surface area contributed by atoms with Gasteiger partial charge in [0.2, 0.25) is 11.7 Å². The molecule has 0 aromatic carbocycles. The number of hydrogen-bond donors (Lipinski definition) is 1. The minimum Gasteiger partial charge on any atom is -0.472 e. The minimum atomic E-state index is 0.485. The van der Waals surface area contributed by atoms with Gasteiger partial charge in [0.05, 0.1) is 23.9 Å².